The van der Waals surface area contributed by atoms with Gasteiger partial charge in [0.2, 0.25) is 0 Å². The standard InChI is InChI=1S/C15H18O3/c16-14-15(18-11-17-14,12-7-3-1-4-8-12)13-9-5-2-6-10-13/h1,3-4,7-8,13H,2,5-6,9-11H2. The topological polar surface area (TPSA) is 35.5 Å². The lowest BCUT2D eigenvalue weighted by Gasteiger charge is -2.35. The predicted molar refractivity (Wildman–Crippen MR) is 66.7 cm³/mol. The number of ether oxygens (including phenoxy) is 2. The Labute approximate surface area is 107 Å². The van der Waals surface area contributed by atoms with Gasteiger partial charge in [-0.2, -0.15) is 0 Å². The molecule has 0 spiro atoms. The van der Waals surface area contributed by atoms with Crippen molar-refractivity contribution in [3.8, 4) is 0 Å². The van der Waals surface area contributed by atoms with Gasteiger partial charge in [0.15, 0.2) is 12.4 Å². The third-order valence-electron chi connectivity index (χ3n) is 4.16. The van der Waals surface area contributed by atoms with Crippen molar-refractivity contribution in [2.45, 2.75) is 37.7 Å². The van der Waals surface area contributed by atoms with Crippen molar-refractivity contribution in [2.24, 2.45) is 5.92 Å². The maximum atomic E-state index is 12.2. The summed E-state index contributed by atoms with van der Waals surface area (Å²) >= 11 is 0. The van der Waals surface area contributed by atoms with Crippen LogP contribution < -0.4 is 0 Å². The van der Waals surface area contributed by atoms with Gasteiger partial charge in [0.05, 0.1) is 0 Å². The zero-order chi connectivity index (χ0) is 12.4. The molecule has 3 heteroatoms. The summed E-state index contributed by atoms with van der Waals surface area (Å²) in [6.07, 6.45) is 5.70. The molecule has 3 nitrogen and oxygen atoms in total. The van der Waals surface area contributed by atoms with Gasteiger partial charge in [-0.1, -0.05) is 49.6 Å². The molecule has 1 aliphatic carbocycles. The molecule has 1 unspecified atom stereocenters. The maximum Gasteiger partial charge on any atom is 0.345 e. The average molecular weight is 246 g/mol. The van der Waals surface area contributed by atoms with E-state index in [9.17, 15) is 4.79 Å². The molecule has 1 heterocycles. The molecule has 0 radical (unpaired) electrons. The Bertz CT molecular complexity index is 423. The fourth-order valence-electron chi connectivity index (χ4n) is 3.26. The molecule has 1 saturated heterocycles. The Kier molecular flexibility index (Phi) is 3.08. The summed E-state index contributed by atoms with van der Waals surface area (Å²) in [5.74, 6) is 0.0456. The maximum absolute atomic E-state index is 12.2. The molecule has 0 amide bonds. The minimum absolute atomic E-state index is 0.0875. The molecular weight excluding hydrogens is 228 g/mol. The van der Waals surface area contributed by atoms with Crippen LogP contribution in [0.5, 0.6) is 0 Å². The number of hydrogen-bond donors (Lipinski definition) is 0. The zero-order valence-electron chi connectivity index (χ0n) is 10.4. The largest absolute Gasteiger partial charge is 0.436 e. The van der Waals surface area contributed by atoms with Gasteiger partial charge in [0.25, 0.3) is 0 Å². The van der Waals surface area contributed by atoms with Crippen LogP contribution in [0.3, 0.4) is 0 Å². The highest BCUT2D eigenvalue weighted by atomic mass is 16.7. The van der Waals surface area contributed by atoms with E-state index in [4.69, 9.17) is 9.47 Å². The summed E-state index contributed by atoms with van der Waals surface area (Å²) in [5, 5.41) is 0. The Morgan fingerprint density at radius 1 is 1.06 bits per heavy atom. The van der Waals surface area contributed by atoms with Gasteiger partial charge in [-0.3, -0.25) is 0 Å². The van der Waals surface area contributed by atoms with E-state index in [1.54, 1.807) is 0 Å². The van der Waals surface area contributed by atoms with Gasteiger partial charge in [-0.05, 0) is 18.4 Å². The molecule has 0 N–H and O–H groups in total. The van der Waals surface area contributed by atoms with Crippen LogP contribution in [0.25, 0.3) is 0 Å². The van der Waals surface area contributed by atoms with E-state index in [0.717, 1.165) is 18.4 Å². The first-order valence-corrected chi connectivity index (χ1v) is 6.71. The fourth-order valence-corrected chi connectivity index (χ4v) is 3.26. The Hall–Kier alpha value is -1.35. The second kappa shape index (κ2) is 4.73. The van der Waals surface area contributed by atoms with Crippen molar-refractivity contribution in [1.29, 1.82) is 0 Å². The molecule has 1 aliphatic heterocycles. The Balaban J connectivity index is 2.01. The Morgan fingerprint density at radius 3 is 2.39 bits per heavy atom. The molecule has 0 bridgehead atoms. The first-order chi connectivity index (χ1) is 8.84. The van der Waals surface area contributed by atoms with Crippen LogP contribution in [-0.2, 0) is 19.9 Å². The van der Waals surface area contributed by atoms with Crippen LogP contribution in [-0.4, -0.2) is 12.8 Å². The molecule has 18 heavy (non-hydrogen) atoms. The van der Waals surface area contributed by atoms with Gasteiger partial charge in [0, 0.05) is 5.92 Å². The molecule has 1 aromatic carbocycles. The molecule has 96 valence electrons. The summed E-state index contributed by atoms with van der Waals surface area (Å²) < 4.78 is 10.9. The highest BCUT2D eigenvalue weighted by Gasteiger charge is 2.53. The molecular formula is C15H18O3. The summed E-state index contributed by atoms with van der Waals surface area (Å²) in [4.78, 5) is 12.2. The van der Waals surface area contributed by atoms with Crippen LogP contribution in [0, 0.1) is 5.92 Å². The van der Waals surface area contributed by atoms with E-state index in [1.165, 1.54) is 19.3 Å². The van der Waals surface area contributed by atoms with Crippen molar-refractivity contribution in [2.75, 3.05) is 6.79 Å². The summed E-state index contributed by atoms with van der Waals surface area (Å²) in [6.45, 7) is 0.0875. The third kappa shape index (κ3) is 1.74. The number of rotatable bonds is 2. The first kappa shape index (κ1) is 11.7. The molecule has 1 saturated carbocycles. The van der Waals surface area contributed by atoms with E-state index >= 15 is 0 Å². The van der Waals surface area contributed by atoms with E-state index in [2.05, 4.69) is 0 Å². The second-order valence-electron chi connectivity index (χ2n) is 5.13. The normalized spacial score (nSPS) is 29.2. The third-order valence-corrected chi connectivity index (χ3v) is 4.16. The van der Waals surface area contributed by atoms with Crippen molar-refractivity contribution >= 4 is 5.97 Å². The predicted octanol–water partition coefficient (Wildman–Crippen LogP) is 2.99. The van der Waals surface area contributed by atoms with Gasteiger partial charge in [-0.25, -0.2) is 4.79 Å². The average Bonchev–Trinajstić information content (AvgIpc) is 2.84. The van der Waals surface area contributed by atoms with E-state index in [-0.39, 0.29) is 18.7 Å². The number of carbonyl (C=O) groups is 1. The van der Waals surface area contributed by atoms with Gasteiger partial charge in [-0.15, -0.1) is 0 Å². The quantitative estimate of drug-likeness (QED) is 0.752. The van der Waals surface area contributed by atoms with Crippen LogP contribution >= 0.6 is 0 Å². The van der Waals surface area contributed by atoms with Gasteiger partial charge < -0.3 is 9.47 Å². The molecule has 2 fully saturated rings. The first-order valence-electron chi connectivity index (χ1n) is 6.71. The molecule has 1 aromatic rings. The highest BCUT2D eigenvalue weighted by Crippen LogP contribution is 2.45. The lowest BCUT2D eigenvalue weighted by molar-refractivity contribution is -0.149. The summed E-state index contributed by atoms with van der Waals surface area (Å²) in [5.41, 5.74) is 0.0983. The van der Waals surface area contributed by atoms with E-state index < -0.39 is 5.60 Å². The van der Waals surface area contributed by atoms with Crippen molar-refractivity contribution in [3.63, 3.8) is 0 Å². The smallest absolute Gasteiger partial charge is 0.345 e. The number of carbonyl (C=O) groups excluding carboxylic acids is 1. The summed E-state index contributed by atoms with van der Waals surface area (Å²) in [6, 6.07) is 9.81. The SMILES string of the molecule is O=C1OCOC1(c1ccccc1)C1CCCCC1. The second-order valence-corrected chi connectivity index (χ2v) is 5.13. The fraction of sp³-hybridized carbons (Fsp3) is 0.533. The van der Waals surface area contributed by atoms with Crippen molar-refractivity contribution in [1.82, 2.24) is 0 Å². The number of cyclic esters (lactones) is 1. The van der Waals surface area contributed by atoms with Gasteiger partial charge >= 0.3 is 5.97 Å². The van der Waals surface area contributed by atoms with E-state index in [0.29, 0.717) is 0 Å². The minimum Gasteiger partial charge on any atom is -0.436 e. The van der Waals surface area contributed by atoms with Crippen LogP contribution in [0.4, 0.5) is 0 Å². The number of esters is 1. The van der Waals surface area contributed by atoms with Crippen LogP contribution in [0.1, 0.15) is 37.7 Å². The number of benzene rings is 1. The Morgan fingerprint density at radius 2 is 1.78 bits per heavy atom. The van der Waals surface area contributed by atoms with E-state index in [1.807, 2.05) is 30.3 Å². The molecule has 2 aliphatic rings. The highest BCUT2D eigenvalue weighted by molar-refractivity contribution is 5.83. The molecule has 0 aromatic heterocycles. The molecule has 3 rings (SSSR count). The van der Waals surface area contributed by atoms with Crippen molar-refractivity contribution in [3.05, 3.63) is 35.9 Å². The monoisotopic (exact) mass is 246 g/mol. The number of hydrogen-bond acceptors (Lipinski definition) is 3. The lowest BCUT2D eigenvalue weighted by Crippen LogP contribution is -2.42. The lowest BCUT2D eigenvalue weighted by atomic mass is 9.73. The van der Waals surface area contributed by atoms with Crippen LogP contribution in [0.15, 0.2) is 30.3 Å². The zero-order valence-corrected chi connectivity index (χ0v) is 10.4. The van der Waals surface area contributed by atoms with Gasteiger partial charge in [0.1, 0.15) is 0 Å². The summed E-state index contributed by atoms with van der Waals surface area (Å²) in [7, 11) is 0. The van der Waals surface area contributed by atoms with Crippen LogP contribution in [0.2, 0.25) is 0 Å². The minimum atomic E-state index is -0.846. The molecule has 1 atom stereocenters. The van der Waals surface area contributed by atoms with Crippen molar-refractivity contribution < 1.29 is 14.3 Å².